The maximum absolute atomic E-state index is 5.84. The highest BCUT2D eigenvalue weighted by atomic mass is 16.5. The SMILES string of the molecule is CNC(C1=CCCCO1)C1C2CCCCC21. The van der Waals surface area contributed by atoms with Gasteiger partial charge in [0.2, 0.25) is 0 Å². The molecule has 3 rings (SSSR count). The molecule has 3 atom stereocenters. The van der Waals surface area contributed by atoms with Crippen molar-refractivity contribution in [3.8, 4) is 0 Å². The first kappa shape index (κ1) is 10.6. The first-order valence-corrected chi connectivity index (χ1v) is 6.92. The number of rotatable bonds is 3. The summed E-state index contributed by atoms with van der Waals surface area (Å²) in [4.78, 5) is 0. The number of ether oxygens (including phenoxy) is 1. The summed E-state index contributed by atoms with van der Waals surface area (Å²) in [5.74, 6) is 4.11. The monoisotopic (exact) mass is 221 g/mol. The third-order valence-electron chi connectivity index (χ3n) is 4.69. The molecule has 1 N–H and O–H groups in total. The normalized spacial score (nSPS) is 39.3. The predicted molar refractivity (Wildman–Crippen MR) is 65.1 cm³/mol. The van der Waals surface area contributed by atoms with Crippen molar-refractivity contribution in [2.24, 2.45) is 17.8 Å². The maximum atomic E-state index is 5.84. The summed E-state index contributed by atoms with van der Waals surface area (Å²) in [7, 11) is 2.09. The van der Waals surface area contributed by atoms with Gasteiger partial charge in [0.15, 0.2) is 0 Å². The zero-order chi connectivity index (χ0) is 11.0. The van der Waals surface area contributed by atoms with Gasteiger partial charge in [-0.3, -0.25) is 0 Å². The van der Waals surface area contributed by atoms with E-state index in [-0.39, 0.29) is 0 Å². The van der Waals surface area contributed by atoms with Crippen LogP contribution < -0.4 is 5.32 Å². The molecule has 16 heavy (non-hydrogen) atoms. The number of hydrogen-bond donors (Lipinski definition) is 1. The van der Waals surface area contributed by atoms with Crippen molar-refractivity contribution in [1.29, 1.82) is 0 Å². The highest BCUT2D eigenvalue weighted by Gasteiger charge is 2.54. The molecule has 1 aliphatic heterocycles. The van der Waals surface area contributed by atoms with E-state index in [0.29, 0.717) is 6.04 Å². The van der Waals surface area contributed by atoms with Crippen molar-refractivity contribution in [2.45, 2.75) is 44.6 Å². The van der Waals surface area contributed by atoms with Gasteiger partial charge in [0.25, 0.3) is 0 Å². The second kappa shape index (κ2) is 4.40. The first-order chi connectivity index (χ1) is 7.92. The summed E-state index contributed by atoms with van der Waals surface area (Å²) in [6.07, 6.45) is 10.5. The Bertz CT molecular complexity index is 274. The van der Waals surface area contributed by atoms with E-state index in [2.05, 4.69) is 18.4 Å². The molecule has 2 fully saturated rings. The van der Waals surface area contributed by atoms with E-state index in [1.807, 2.05) is 0 Å². The Hall–Kier alpha value is -0.500. The lowest BCUT2D eigenvalue weighted by Crippen LogP contribution is -2.33. The van der Waals surface area contributed by atoms with Crippen molar-refractivity contribution in [3.05, 3.63) is 11.8 Å². The quantitative estimate of drug-likeness (QED) is 0.791. The van der Waals surface area contributed by atoms with Gasteiger partial charge in [-0.15, -0.1) is 0 Å². The van der Waals surface area contributed by atoms with Crippen molar-refractivity contribution in [2.75, 3.05) is 13.7 Å². The molecule has 0 bridgehead atoms. The van der Waals surface area contributed by atoms with Gasteiger partial charge in [-0.25, -0.2) is 0 Å². The van der Waals surface area contributed by atoms with Crippen LogP contribution in [0, 0.1) is 17.8 Å². The van der Waals surface area contributed by atoms with Crippen LogP contribution in [0.5, 0.6) is 0 Å². The predicted octanol–water partition coefficient (Wildman–Crippen LogP) is 2.70. The molecule has 90 valence electrons. The van der Waals surface area contributed by atoms with Crippen molar-refractivity contribution >= 4 is 0 Å². The summed E-state index contributed by atoms with van der Waals surface area (Å²) in [6, 6.07) is 0.508. The standard InChI is InChI=1S/C14H23NO/c1-15-14(12-8-4-5-9-16-12)13-10-6-2-3-7-11(10)13/h8,10-11,13-15H,2-7,9H2,1H3. The van der Waals surface area contributed by atoms with Crippen LogP contribution in [0.1, 0.15) is 38.5 Å². The van der Waals surface area contributed by atoms with Gasteiger partial charge in [0.1, 0.15) is 5.76 Å². The molecule has 3 aliphatic rings. The van der Waals surface area contributed by atoms with Crippen LogP contribution in [0.25, 0.3) is 0 Å². The minimum absolute atomic E-state index is 0.508. The molecular formula is C14H23NO. The molecule has 0 saturated heterocycles. The molecule has 0 amide bonds. The van der Waals surface area contributed by atoms with Crippen LogP contribution in [0.2, 0.25) is 0 Å². The molecule has 1 heterocycles. The summed E-state index contributed by atoms with van der Waals surface area (Å²) in [5, 5.41) is 3.50. The molecule has 0 aromatic heterocycles. The second-order valence-corrected chi connectivity index (χ2v) is 5.55. The van der Waals surface area contributed by atoms with Crippen molar-refractivity contribution in [1.82, 2.24) is 5.32 Å². The third kappa shape index (κ3) is 1.77. The average molecular weight is 221 g/mol. The van der Waals surface area contributed by atoms with E-state index >= 15 is 0 Å². The lowest BCUT2D eigenvalue weighted by molar-refractivity contribution is 0.161. The Morgan fingerprint density at radius 3 is 2.56 bits per heavy atom. The second-order valence-electron chi connectivity index (χ2n) is 5.55. The molecule has 0 aromatic carbocycles. The molecule has 0 aromatic rings. The van der Waals surface area contributed by atoms with Crippen molar-refractivity contribution < 1.29 is 4.74 Å². The van der Waals surface area contributed by atoms with Gasteiger partial charge in [-0.2, -0.15) is 0 Å². The minimum Gasteiger partial charge on any atom is -0.497 e. The van der Waals surface area contributed by atoms with Crippen LogP contribution >= 0.6 is 0 Å². The van der Waals surface area contributed by atoms with E-state index in [1.54, 1.807) is 0 Å². The summed E-state index contributed by atoms with van der Waals surface area (Å²) in [5.41, 5.74) is 0. The van der Waals surface area contributed by atoms with Gasteiger partial charge >= 0.3 is 0 Å². The van der Waals surface area contributed by atoms with Gasteiger partial charge in [-0.1, -0.05) is 12.8 Å². The molecular weight excluding hydrogens is 198 g/mol. The highest BCUT2D eigenvalue weighted by molar-refractivity contribution is 5.16. The molecule has 2 aliphatic carbocycles. The smallest absolute Gasteiger partial charge is 0.109 e. The Morgan fingerprint density at radius 1 is 1.25 bits per heavy atom. The molecule has 3 unspecified atom stereocenters. The topological polar surface area (TPSA) is 21.3 Å². The van der Waals surface area contributed by atoms with Gasteiger partial charge in [0, 0.05) is 0 Å². The number of allylic oxidation sites excluding steroid dienone is 1. The lowest BCUT2D eigenvalue weighted by atomic mass is 10.0. The molecule has 2 heteroatoms. The van der Waals surface area contributed by atoms with E-state index in [4.69, 9.17) is 4.74 Å². The van der Waals surface area contributed by atoms with E-state index in [1.165, 1.54) is 44.3 Å². The molecule has 2 saturated carbocycles. The Balaban J connectivity index is 1.69. The largest absolute Gasteiger partial charge is 0.497 e. The maximum Gasteiger partial charge on any atom is 0.109 e. The van der Waals surface area contributed by atoms with Gasteiger partial charge < -0.3 is 10.1 Å². The van der Waals surface area contributed by atoms with Crippen molar-refractivity contribution in [3.63, 3.8) is 0 Å². The third-order valence-corrected chi connectivity index (χ3v) is 4.69. The van der Waals surface area contributed by atoms with Crippen LogP contribution in [0.3, 0.4) is 0 Å². The van der Waals surface area contributed by atoms with E-state index < -0.39 is 0 Å². The molecule has 0 radical (unpaired) electrons. The highest BCUT2D eigenvalue weighted by Crippen LogP contribution is 2.58. The Kier molecular flexibility index (Phi) is 2.93. The van der Waals surface area contributed by atoms with E-state index in [9.17, 15) is 0 Å². The number of nitrogens with one attached hydrogen (secondary N) is 1. The van der Waals surface area contributed by atoms with Crippen LogP contribution in [-0.2, 0) is 4.74 Å². The summed E-state index contributed by atoms with van der Waals surface area (Å²) in [6.45, 7) is 0.923. The number of fused-ring (bicyclic) bond motifs is 1. The number of hydrogen-bond acceptors (Lipinski definition) is 2. The zero-order valence-electron chi connectivity index (χ0n) is 10.2. The fraction of sp³-hybridized carbons (Fsp3) is 0.857. The fourth-order valence-corrected chi connectivity index (χ4v) is 3.86. The van der Waals surface area contributed by atoms with Gasteiger partial charge in [-0.05, 0) is 56.6 Å². The van der Waals surface area contributed by atoms with Crippen LogP contribution in [0.15, 0.2) is 11.8 Å². The Morgan fingerprint density at radius 2 is 2.00 bits per heavy atom. The Labute approximate surface area is 98.4 Å². The zero-order valence-corrected chi connectivity index (χ0v) is 10.2. The average Bonchev–Trinajstić information content (AvgIpc) is 3.07. The minimum atomic E-state index is 0.508. The summed E-state index contributed by atoms with van der Waals surface area (Å²) < 4.78 is 5.84. The summed E-state index contributed by atoms with van der Waals surface area (Å²) >= 11 is 0. The fourth-order valence-electron chi connectivity index (χ4n) is 3.86. The van der Waals surface area contributed by atoms with Crippen LogP contribution in [-0.4, -0.2) is 19.7 Å². The molecule has 0 spiro atoms. The first-order valence-electron chi connectivity index (χ1n) is 6.92. The lowest BCUT2D eigenvalue weighted by Gasteiger charge is -2.24. The van der Waals surface area contributed by atoms with E-state index in [0.717, 1.165) is 24.4 Å². The van der Waals surface area contributed by atoms with Gasteiger partial charge in [0.05, 0.1) is 12.6 Å². The number of likely N-dealkylation sites (N-methyl/N-ethyl adjacent to an activating group) is 1. The molecule has 2 nitrogen and oxygen atoms in total. The van der Waals surface area contributed by atoms with Crippen LogP contribution in [0.4, 0.5) is 0 Å².